The molecule has 14 aliphatic rings. The van der Waals surface area contributed by atoms with E-state index in [1.165, 1.54) is 5.39 Å². The molecule has 490 valence electrons. The fraction of sp³-hybridized carbons (Fsp3) is 0.718. The van der Waals surface area contributed by atoms with Gasteiger partial charge in [-0.25, -0.2) is 0 Å². The molecule has 4 N–H and O–H groups in total. The van der Waals surface area contributed by atoms with Crippen molar-refractivity contribution in [3.05, 3.63) is 109 Å². The first-order valence-corrected chi connectivity index (χ1v) is 34.0. The van der Waals surface area contributed by atoms with Crippen LogP contribution in [0, 0.1) is 23.7 Å². The number of hydrogen-bond acceptors (Lipinski definition) is 19. The normalized spacial score (nSPS) is 53.5. The fourth-order valence-electron chi connectivity index (χ4n) is 17.9. The lowest BCUT2D eigenvalue weighted by Gasteiger charge is -2.53. The maximum atomic E-state index is 12.5. The smallest absolute Gasteiger partial charge is 0.184 e. The molecular weight excluding hydrogens is 1160 g/mol. The summed E-state index contributed by atoms with van der Waals surface area (Å²) in [5.41, 5.74) is -0.0665. The Morgan fingerprint density at radius 2 is 1.14 bits per heavy atom. The molecule has 0 aromatic heterocycles. The molecule has 90 heavy (non-hydrogen) atoms. The molecule has 19 heteroatoms. The molecule has 2 unspecified atom stereocenters. The second-order valence-corrected chi connectivity index (χ2v) is 29.0. The molecule has 34 atom stereocenters. The van der Waals surface area contributed by atoms with Crippen LogP contribution in [0.5, 0.6) is 0 Å². The summed E-state index contributed by atoms with van der Waals surface area (Å²) < 4.78 is 102. The lowest BCUT2D eigenvalue weighted by molar-refractivity contribution is -0.339. The highest BCUT2D eigenvalue weighted by Gasteiger charge is 2.63. The van der Waals surface area contributed by atoms with Crippen molar-refractivity contribution in [3.63, 3.8) is 0 Å². The van der Waals surface area contributed by atoms with Crippen molar-refractivity contribution in [1.29, 1.82) is 0 Å². The Morgan fingerprint density at radius 1 is 0.478 bits per heavy atom. The summed E-state index contributed by atoms with van der Waals surface area (Å²) in [6.45, 7) is 11.1. The molecule has 16 rings (SSSR count). The molecule has 0 bridgehead atoms. The Hall–Kier alpha value is -3.36. The number of rotatable bonds is 3. The van der Waals surface area contributed by atoms with E-state index in [0.29, 0.717) is 64.4 Å². The van der Waals surface area contributed by atoms with Crippen molar-refractivity contribution in [2.45, 2.75) is 281 Å². The van der Waals surface area contributed by atoms with E-state index in [2.05, 4.69) is 81.5 Å². The van der Waals surface area contributed by atoms with Crippen molar-refractivity contribution in [1.82, 2.24) is 0 Å². The van der Waals surface area contributed by atoms with Crippen molar-refractivity contribution in [2.75, 3.05) is 13.2 Å². The first-order chi connectivity index (χ1) is 43.6. The van der Waals surface area contributed by atoms with Crippen molar-refractivity contribution in [2.24, 2.45) is 23.7 Å². The maximum Gasteiger partial charge on any atom is 0.184 e. The predicted octanol–water partition coefficient (Wildman–Crippen LogP) is 6.88. The van der Waals surface area contributed by atoms with E-state index in [9.17, 15) is 20.4 Å². The van der Waals surface area contributed by atoms with E-state index in [-0.39, 0.29) is 91.3 Å². The lowest BCUT2D eigenvalue weighted by atomic mass is 9.75. The highest BCUT2D eigenvalue weighted by atomic mass is 16.7. The van der Waals surface area contributed by atoms with Crippen LogP contribution in [-0.2, 0) is 71.1 Å². The van der Waals surface area contributed by atoms with Gasteiger partial charge >= 0.3 is 0 Å². The Labute approximate surface area is 527 Å². The summed E-state index contributed by atoms with van der Waals surface area (Å²) in [5.74, 6) is -1.19. The van der Waals surface area contributed by atoms with Gasteiger partial charge in [0.05, 0.1) is 123 Å². The van der Waals surface area contributed by atoms with Crippen molar-refractivity contribution < 1.29 is 91.5 Å². The molecule has 0 amide bonds. The van der Waals surface area contributed by atoms with E-state index in [4.69, 9.17) is 71.1 Å². The number of ether oxygens (including phenoxy) is 15. The van der Waals surface area contributed by atoms with Crippen LogP contribution in [0.4, 0.5) is 0 Å². The first kappa shape index (κ1) is 61.5. The van der Waals surface area contributed by atoms with E-state index < -0.39 is 121 Å². The van der Waals surface area contributed by atoms with Gasteiger partial charge in [0, 0.05) is 49.5 Å². The minimum absolute atomic E-state index is 0.0312. The fourth-order valence-corrected chi connectivity index (χ4v) is 17.9. The van der Waals surface area contributed by atoms with Gasteiger partial charge in [-0.05, 0) is 67.7 Å². The van der Waals surface area contributed by atoms with E-state index in [1.807, 2.05) is 56.4 Å². The Balaban J connectivity index is 0.559. The standard InChI is InChI=1S/C71H92O19/c1-35-25-52-54(29-58-64(87-52)37(3)62(74)68-65(88-58)36(2)38(4)71(90-68)32-42(72)33-77-71)84-56-31-61-70(5,89-57(56)26-35)60(73)30-55-46(85-61)15-9-8-14-45-47(82-55)21-22-49-48(80-45)23-24-50-53(81-49)28-59-67(86-50)63(75)66-51(83-59)16-10-13-43(78-66)19-20-44-34-76-69(79-44)41-18-17-39-11-6-7-12-40(39)27-41/h6-13,17-24,27,35-38,42-69,72-75H,14-16,25-26,28-34H2,1-5H3/b9-8-,20-19+/t35-,36+,37+,38+,42+,43-,44?,45-,46+,47+,48+,49-,50-,51+,52+,53+,54-,55-,56+,57-,58+,59-,60-,61-,62+,63-,64-,65-,66+,67-,68+,69?,70+,71-/m1/s1. The maximum absolute atomic E-state index is 12.5. The first-order valence-electron chi connectivity index (χ1n) is 34.0. The van der Waals surface area contributed by atoms with Gasteiger partial charge in [0.1, 0.15) is 60.5 Å². The summed E-state index contributed by atoms with van der Waals surface area (Å²) in [4.78, 5) is 0. The number of benzene rings is 2. The molecule has 10 saturated heterocycles. The van der Waals surface area contributed by atoms with Crippen LogP contribution in [-0.4, -0.2) is 210 Å². The van der Waals surface area contributed by atoms with Crippen LogP contribution < -0.4 is 0 Å². The molecule has 0 aliphatic carbocycles. The highest BCUT2D eigenvalue weighted by Crippen LogP contribution is 2.52. The number of aliphatic hydroxyl groups is 4. The van der Waals surface area contributed by atoms with E-state index >= 15 is 0 Å². The van der Waals surface area contributed by atoms with Gasteiger partial charge in [-0.3, -0.25) is 0 Å². The monoisotopic (exact) mass is 1250 g/mol. The molecule has 0 saturated carbocycles. The molecule has 0 radical (unpaired) electrons. The second kappa shape index (κ2) is 24.7. The average molecular weight is 1250 g/mol. The number of fused-ring (bicyclic) bond motifs is 12. The van der Waals surface area contributed by atoms with Gasteiger partial charge < -0.3 is 91.5 Å². The summed E-state index contributed by atoms with van der Waals surface area (Å²) in [6.07, 6.45) is 12.4. The molecule has 10 fully saturated rings. The third-order valence-corrected chi connectivity index (χ3v) is 23.2. The minimum Gasteiger partial charge on any atom is -0.391 e. The Morgan fingerprint density at radius 3 is 1.97 bits per heavy atom. The molecule has 14 aliphatic heterocycles. The van der Waals surface area contributed by atoms with Crippen LogP contribution in [0.1, 0.15) is 111 Å². The average Bonchev–Trinajstić information content (AvgIpc) is 1.52. The van der Waals surface area contributed by atoms with Gasteiger partial charge in [0.2, 0.25) is 0 Å². The van der Waals surface area contributed by atoms with Gasteiger partial charge in [0.15, 0.2) is 12.1 Å². The zero-order valence-corrected chi connectivity index (χ0v) is 52.2. The lowest BCUT2D eigenvalue weighted by Crippen LogP contribution is -2.63. The van der Waals surface area contributed by atoms with Crippen molar-refractivity contribution in [3.8, 4) is 0 Å². The Bertz CT molecular complexity index is 3050. The number of aliphatic hydroxyl groups excluding tert-OH is 4. The summed E-state index contributed by atoms with van der Waals surface area (Å²) >= 11 is 0. The van der Waals surface area contributed by atoms with Gasteiger partial charge in [0.25, 0.3) is 0 Å². The zero-order valence-electron chi connectivity index (χ0n) is 52.2. The predicted molar refractivity (Wildman–Crippen MR) is 324 cm³/mol. The van der Waals surface area contributed by atoms with Crippen LogP contribution in [0.3, 0.4) is 0 Å². The summed E-state index contributed by atoms with van der Waals surface area (Å²) in [6, 6.07) is 14.5. The largest absolute Gasteiger partial charge is 0.391 e. The molecule has 19 nitrogen and oxygen atoms in total. The molecule has 2 aromatic rings. The SMILES string of the molecule is C[C@@H]1C[C@@H]2O[C@@H]3[C@@H](C)[C@H](O)[C@@H]4O[C@]5(C[C@H](O)CO5)[C@@H](C)[C@H](C)[C@H]4O[C@H]3C[C@H]2O[C@H]2C[C@H]3O[C@H]4C/C=C\C[C@H]5O[C@H]6C=C[C@H]7O[C@H]8[C@H](O)[C@H]9O[C@@H](/C=C/C%10COC(c%11ccc%12ccccc%12c%11)O%10)C=CC[C@@H]9O[C@@H]8C[C@@H]7O[C@@H]6C=C[C@@H]5O[C@@H]4C[C@@H](O)[C@]3(C)O[C@@H]2C1. The molecule has 1 spiro atoms. The van der Waals surface area contributed by atoms with E-state index in [1.54, 1.807) is 0 Å². The summed E-state index contributed by atoms with van der Waals surface area (Å²) in [5, 5.41) is 49.5. The van der Waals surface area contributed by atoms with Crippen LogP contribution in [0.25, 0.3) is 10.8 Å². The minimum atomic E-state index is -1.04. The second-order valence-electron chi connectivity index (χ2n) is 29.0. The van der Waals surface area contributed by atoms with Crippen LogP contribution >= 0.6 is 0 Å². The number of hydrogen-bond donors (Lipinski definition) is 4. The summed E-state index contributed by atoms with van der Waals surface area (Å²) in [7, 11) is 0. The van der Waals surface area contributed by atoms with Crippen molar-refractivity contribution >= 4 is 10.8 Å². The van der Waals surface area contributed by atoms with Crippen LogP contribution in [0.2, 0.25) is 0 Å². The van der Waals surface area contributed by atoms with Gasteiger partial charge in [-0.15, -0.1) is 0 Å². The van der Waals surface area contributed by atoms with Crippen LogP contribution in [0.15, 0.2) is 103 Å². The third-order valence-electron chi connectivity index (χ3n) is 23.2. The van der Waals surface area contributed by atoms with E-state index in [0.717, 1.165) is 17.4 Å². The molecule has 2 aromatic carbocycles. The molecule has 14 heterocycles. The zero-order chi connectivity index (χ0) is 61.3. The topological polar surface area (TPSA) is 219 Å². The molecular formula is C71H92O19. The van der Waals surface area contributed by atoms with Gasteiger partial charge in [-0.2, -0.15) is 0 Å². The quantitative estimate of drug-likeness (QED) is 0.230. The van der Waals surface area contributed by atoms with Gasteiger partial charge in [-0.1, -0.05) is 125 Å². The highest BCUT2D eigenvalue weighted by molar-refractivity contribution is 5.83. The third kappa shape index (κ3) is 11.3. The Kier molecular flexibility index (Phi) is 16.9.